The Morgan fingerprint density at radius 3 is 2.63 bits per heavy atom. The van der Waals surface area contributed by atoms with E-state index in [1.165, 1.54) is 18.2 Å². The third-order valence-electron chi connectivity index (χ3n) is 2.76. The molecule has 1 aromatic rings. The Kier molecular flexibility index (Phi) is 5.25. The van der Waals surface area contributed by atoms with Crippen molar-refractivity contribution in [2.45, 2.75) is 20.3 Å². The third-order valence-corrected chi connectivity index (χ3v) is 2.76. The summed E-state index contributed by atoms with van der Waals surface area (Å²) in [4.78, 5) is 24.2. The fourth-order valence-electron chi connectivity index (χ4n) is 1.79. The van der Waals surface area contributed by atoms with E-state index in [1.807, 2.05) is 13.8 Å². The number of nitrogens with one attached hydrogen (secondary N) is 1. The van der Waals surface area contributed by atoms with Crippen LogP contribution in [-0.2, 0) is 0 Å². The van der Waals surface area contributed by atoms with E-state index in [0.29, 0.717) is 18.7 Å². The lowest BCUT2D eigenvalue weighted by Crippen LogP contribution is -2.31. The van der Waals surface area contributed by atoms with Gasteiger partial charge in [0.25, 0.3) is 11.6 Å². The minimum Gasteiger partial charge on any atom is -0.339 e. The van der Waals surface area contributed by atoms with Crippen molar-refractivity contribution in [2.75, 3.05) is 18.5 Å². The van der Waals surface area contributed by atoms with E-state index in [4.69, 9.17) is 5.84 Å². The summed E-state index contributed by atoms with van der Waals surface area (Å²) in [6.07, 6.45) is 0.837. The molecule has 3 N–H and O–H groups in total. The van der Waals surface area contributed by atoms with Crippen LogP contribution in [-0.4, -0.2) is 28.8 Å². The molecule has 0 aliphatic heterocycles. The molecule has 7 nitrogen and oxygen atoms in total. The van der Waals surface area contributed by atoms with Crippen molar-refractivity contribution in [1.82, 2.24) is 4.90 Å². The molecular weight excluding hydrogens is 248 g/mol. The molecule has 1 aromatic carbocycles. The van der Waals surface area contributed by atoms with E-state index in [-0.39, 0.29) is 17.3 Å². The van der Waals surface area contributed by atoms with Crippen LogP contribution < -0.4 is 11.3 Å². The Bertz CT molecular complexity index is 476. The van der Waals surface area contributed by atoms with Crippen molar-refractivity contribution >= 4 is 17.3 Å². The number of nitrogens with two attached hydrogens (primary N) is 1. The first-order valence-electron chi connectivity index (χ1n) is 6.09. The lowest BCUT2D eigenvalue weighted by Gasteiger charge is -2.20. The quantitative estimate of drug-likeness (QED) is 0.464. The number of nitrogens with zero attached hydrogens (tertiary/aromatic N) is 2. The zero-order chi connectivity index (χ0) is 14.4. The molecule has 0 saturated carbocycles. The molecular formula is C12H18N4O3. The second kappa shape index (κ2) is 6.69. The Hall–Kier alpha value is -2.15. The summed E-state index contributed by atoms with van der Waals surface area (Å²) < 4.78 is 0. The van der Waals surface area contributed by atoms with Crippen molar-refractivity contribution in [3.05, 3.63) is 33.9 Å². The van der Waals surface area contributed by atoms with Crippen LogP contribution in [0.4, 0.5) is 11.4 Å². The molecule has 0 atom stereocenters. The van der Waals surface area contributed by atoms with E-state index in [2.05, 4.69) is 5.43 Å². The molecule has 0 bridgehead atoms. The van der Waals surface area contributed by atoms with Crippen LogP contribution in [0.25, 0.3) is 0 Å². The number of hydrazine groups is 1. The lowest BCUT2D eigenvalue weighted by atomic mass is 10.1. The number of hydrogen-bond donors (Lipinski definition) is 2. The highest BCUT2D eigenvalue weighted by Crippen LogP contribution is 2.25. The summed E-state index contributed by atoms with van der Waals surface area (Å²) >= 11 is 0. The van der Waals surface area contributed by atoms with Crippen LogP contribution in [0, 0.1) is 10.1 Å². The van der Waals surface area contributed by atoms with E-state index in [1.54, 1.807) is 4.90 Å². The first-order valence-corrected chi connectivity index (χ1v) is 6.09. The molecule has 0 aromatic heterocycles. The average molecular weight is 266 g/mol. The predicted octanol–water partition coefficient (Wildman–Crippen LogP) is 1.75. The van der Waals surface area contributed by atoms with E-state index >= 15 is 0 Å². The monoisotopic (exact) mass is 266 g/mol. The van der Waals surface area contributed by atoms with Gasteiger partial charge >= 0.3 is 0 Å². The minimum absolute atomic E-state index is 0.181. The van der Waals surface area contributed by atoms with Gasteiger partial charge in [-0.2, -0.15) is 0 Å². The largest absolute Gasteiger partial charge is 0.339 e. The summed E-state index contributed by atoms with van der Waals surface area (Å²) in [5, 5.41) is 10.9. The number of carbonyl (C=O) groups excluding carboxylic acids is 1. The SMILES string of the molecule is CCCN(CC)C(=O)c1ccc(NN)c([N+](=O)[O-])c1. The zero-order valence-electron chi connectivity index (χ0n) is 11.0. The number of hydrogen-bond acceptors (Lipinski definition) is 5. The molecule has 7 heteroatoms. The average Bonchev–Trinajstić information content (AvgIpc) is 2.43. The highest BCUT2D eigenvalue weighted by molar-refractivity contribution is 5.95. The number of amides is 1. The van der Waals surface area contributed by atoms with Gasteiger partial charge < -0.3 is 10.3 Å². The summed E-state index contributed by atoms with van der Waals surface area (Å²) in [7, 11) is 0. The number of carbonyl (C=O) groups is 1. The molecule has 0 aliphatic rings. The number of nitrogen functional groups attached to an aromatic ring is 1. The first-order chi connectivity index (χ1) is 9.04. The van der Waals surface area contributed by atoms with Gasteiger partial charge in [0.1, 0.15) is 5.69 Å². The predicted molar refractivity (Wildman–Crippen MR) is 72.8 cm³/mol. The Balaban J connectivity index is 3.10. The molecule has 0 saturated heterocycles. The normalized spacial score (nSPS) is 10.1. The summed E-state index contributed by atoms with van der Waals surface area (Å²) in [5.74, 6) is 4.99. The Morgan fingerprint density at radius 1 is 1.47 bits per heavy atom. The van der Waals surface area contributed by atoms with Crippen LogP contribution in [0.2, 0.25) is 0 Å². The van der Waals surface area contributed by atoms with Crippen LogP contribution in [0.15, 0.2) is 18.2 Å². The second-order valence-corrected chi connectivity index (χ2v) is 4.02. The molecule has 0 fully saturated rings. The number of anilines is 1. The highest BCUT2D eigenvalue weighted by atomic mass is 16.6. The van der Waals surface area contributed by atoms with Gasteiger partial charge in [-0.25, -0.2) is 0 Å². The van der Waals surface area contributed by atoms with Crippen LogP contribution in [0.1, 0.15) is 30.6 Å². The molecule has 1 rings (SSSR count). The molecule has 0 aliphatic carbocycles. The Labute approximate surface area is 111 Å². The smallest absolute Gasteiger partial charge is 0.294 e. The van der Waals surface area contributed by atoms with Crippen molar-refractivity contribution < 1.29 is 9.72 Å². The van der Waals surface area contributed by atoms with E-state index in [0.717, 1.165) is 6.42 Å². The van der Waals surface area contributed by atoms with Gasteiger partial charge in [-0.15, -0.1) is 0 Å². The lowest BCUT2D eigenvalue weighted by molar-refractivity contribution is -0.384. The number of benzene rings is 1. The number of rotatable bonds is 6. The van der Waals surface area contributed by atoms with Gasteiger partial charge in [0, 0.05) is 24.7 Å². The highest BCUT2D eigenvalue weighted by Gasteiger charge is 2.19. The van der Waals surface area contributed by atoms with Gasteiger partial charge in [-0.3, -0.25) is 20.8 Å². The van der Waals surface area contributed by atoms with E-state index in [9.17, 15) is 14.9 Å². The summed E-state index contributed by atoms with van der Waals surface area (Å²) in [6.45, 7) is 5.04. The first kappa shape index (κ1) is 14.9. The van der Waals surface area contributed by atoms with Gasteiger partial charge in [0.15, 0.2) is 0 Å². The van der Waals surface area contributed by atoms with E-state index < -0.39 is 4.92 Å². The fourth-order valence-corrected chi connectivity index (χ4v) is 1.79. The molecule has 0 spiro atoms. The summed E-state index contributed by atoms with van der Waals surface area (Å²) in [5.41, 5.74) is 2.51. The van der Waals surface area contributed by atoms with Crippen LogP contribution >= 0.6 is 0 Å². The van der Waals surface area contributed by atoms with Crippen molar-refractivity contribution in [3.8, 4) is 0 Å². The second-order valence-electron chi connectivity index (χ2n) is 4.02. The maximum absolute atomic E-state index is 12.2. The van der Waals surface area contributed by atoms with Gasteiger partial charge in [-0.1, -0.05) is 6.92 Å². The topological polar surface area (TPSA) is 102 Å². The third kappa shape index (κ3) is 3.41. The maximum Gasteiger partial charge on any atom is 0.294 e. The van der Waals surface area contributed by atoms with Crippen molar-refractivity contribution in [2.24, 2.45) is 5.84 Å². The molecule has 19 heavy (non-hydrogen) atoms. The molecule has 0 radical (unpaired) electrons. The molecule has 1 amide bonds. The molecule has 0 heterocycles. The maximum atomic E-state index is 12.2. The standard InChI is InChI=1S/C12H18N4O3/c1-3-7-15(4-2)12(17)9-5-6-10(14-13)11(8-9)16(18)19/h5-6,8,14H,3-4,7,13H2,1-2H3. The fraction of sp³-hybridized carbons (Fsp3) is 0.417. The van der Waals surface area contributed by atoms with Gasteiger partial charge in [0.05, 0.1) is 4.92 Å². The Morgan fingerprint density at radius 2 is 2.16 bits per heavy atom. The van der Waals surface area contributed by atoms with Crippen LogP contribution in [0.3, 0.4) is 0 Å². The van der Waals surface area contributed by atoms with Gasteiger partial charge in [-0.05, 0) is 25.5 Å². The summed E-state index contributed by atoms with van der Waals surface area (Å²) in [6, 6.07) is 4.21. The zero-order valence-corrected chi connectivity index (χ0v) is 11.0. The number of nitro groups is 1. The van der Waals surface area contributed by atoms with Crippen LogP contribution in [0.5, 0.6) is 0 Å². The van der Waals surface area contributed by atoms with Gasteiger partial charge in [0.2, 0.25) is 0 Å². The number of nitro benzene ring substituents is 1. The minimum atomic E-state index is -0.567. The van der Waals surface area contributed by atoms with Crippen molar-refractivity contribution in [3.63, 3.8) is 0 Å². The molecule has 104 valence electrons. The molecule has 0 unspecified atom stereocenters. The van der Waals surface area contributed by atoms with Crippen molar-refractivity contribution in [1.29, 1.82) is 0 Å².